The highest BCUT2D eigenvalue weighted by molar-refractivity contribution is 5.96. The minimum Gasteiger partial charge on any atom is -0.381 e. The molecule has 7 heteroatoms. The topological polar surface area (TPSA) is 93.5 Å². The number of ether oxygens (including phenoxy) is 1. The second-order valence-corrected chi connectivity index (χ2v) is 5.02. The molecular formula is C14H19N3O4. The zero-order valence-electron chi connectivity index (χ0n) is 12.1. The Hall–Kier alpha value is -2.15. The molecule has 7 nitrogen and oxygen atoms in total. The molecule has 21 heavy (non-hydrogen) atoms. The van der Waals surface area contributed by atoms with Crippen molar-refractivity contribution in [3.8, 4) is 0 Å². The van der Waals surface area contributed by atoms with Gasteiger partial charge in [0.25, 0.3) is 11.6 Å². The van der Waals surface area contributed by atoms with Gasteiger partial charge < -0.3 is 15.4 Å². The van der Waals surface area contributed by atoms with Crippen molar-refractivity contribution >= 4 is 17.3 Å². The van der Waals surface area contributed by atoms with E-state index in [-0.39, 0.29) is 23.7 Å². The molecule has 1 aliphatic carbocycles. The van der Waals surface area contributed by atoms with E-state index in [9.17, 15) is 14.9 Å². The Morgan fingerprint density at radius 2 is 2.19 bits per heavy atom. The number of nitrogens with zero attached hydrogens (tertiary/aromatic N) is 1. The van der Waals surface area contributed by atoms with Crippen LogP contribution < -0.4 is 10.6 Å². The van der Waals surface area contributed by atoms with Crippen LogP contribution >= 0.6 is 0 Å². The average Bonchev–Trinajstić information content (AvgIpc) is 2.42. The van der Waals surface area contributed by atoms with E-state index in [2.05, 4.69) is 10.6 Å². The van der Waals surface area contributed by atoms with Gasteiger partial charge in [-0.3, -0.25) is 14.9 Å². The summed E-state index contributed by atoms with van der Waals surface area (Å²) in [6.45, 7) is 2.39. The fourth-order valence-electron chi connectivity index (χ4n) is 2.31. The van der Waals surface area contributed by atoms with Crippen LogP contribution in [0.2, 0.25) is 0 Å². The van der Waals surface area contributed by atoms with Crippen molar-refractivity contribution in [2.75, 3.05) is 19.0 Å². The smallest absolute Gasteiger partial charge is 0.292 e. The van der Waals surface area contributed by atoms with Crippen LogP contribution in [0.4, 0.5) is 11.4 Å². The van der Waals surface area contributed by atoms with Crippen molar-refractivity contribution < 1.29 is 14.5 Å². The number of carbonyl (C=O) groups is 1. The van der Waals surface area contributed by atoms with Gasteiger partial charge in [0.2, 0.25) is 0 Å². The molecule has 0 heterocycles. The van der Waals surface area contributed by atoms with Crippen LogP contribution in [0.5, 0.6) is 0 Å². The lowest BCUT2D eigenvalue weighted by atomic mass is 9.89. The first-order chi connectivity index (χ1) is 10.0. The number of benzene rings is 1. The average molecular weight is 293 g/mol. The number of rotatable bonds is 6. The Bertz CT molecular complexity index is 541. The number of anilines is 1. The maximum Gasteiger partial charge on any atom is 0.292 e. The molecule has 0 aromatic heterocycles. The molecule has 2 N–H and O–H groups in total. The maximum absolute atomic E-state index is 12.1. The van der Waals surface area contributed by atoms with Crippen LogP contribution in [-0.2, 0) is 4.74 Å². The van der Waals surface area contributed by atoms with Gasteiger partial charge in [-0.15, -0.1) is 0 Å². The summed E-state index contributed by atoms with van der Waals surface area (Å²) >= 11 is 0. The van der Waals surface area contributed by atoms with Crippen LogP contribution in [-0.4, -0.2) is 36.6 Å². The normalized spacial score (nSPS) is 20.5. The predicted octanol–water partition coefficient (Wildman–Crippen LogP) is 1.93. The van der Waals surface area contributed by atoms with Crippen molar-refractivity contribution in [3.05, 3.63) is 33.9 Å². The van der Waals surface area contributed by atoms with Crippen molar-refractivity contribution in [3.63, 3.8) is 0 Å². The summed E-state index contributed by atoms with van der Waals surface area (Å²) in [6.07, 6.45) is 1.81. The first kappa shape index (κ1) is 15.2. The largest absolute Gasteiger partial charge is 0.381 e. The zero-order chi connectivity index (χ0) is 15.4. The van der Waals surface area contributed by atoms with E-state index in [1.54, 1.807) is 7.11 Å². The van der Waals surface area contributed by atoms with E-state index >= 15 is 0 Å². The minimum atomic E-state index is -0.463. The molecule has 0 radical (unpaired) electrons. The molecule has 0 spiro atoms. The highest BCUT2D eigenvalue weighted by Crippen LogP contribution is 2.26. The SMILES string of the molecule is CCNc1cc(C(=O)NC2CC(OC)C2)ccc1[N+](=O)[O-]. The van der Waals surface area contributed by atoms with E-state index in [0.717, 1.165) is 12.8 Å². The molecule has 1 fully saturated rings. The Morgan fingerprint density at radius 1 is 1.48 bits per heavy atom. The van der Waals surface area contributed by atoms with E-state index in [1.165, 1.54) is 18.2 Å². The summed E-state index contributed by atoms with van der Waals surface area (Å²) in [5, 5.41) is 16.7. The Labute approximate surface area is 122 Å². The lowest BCUT2D eigenvalue weighted by Crippen LogP contribution is -2.47. The van der Waals surface area contributed by atoms with Gasteiger partial charge in [0.15, 0.2) is 0 Å². The summed E-state index contributed by atoms with van der Waals surface area (Å²) in [7, 11) is 1.65. The van der Waals surface area contributed by atoms with Gasteiger partial charge in [-0.2, -0.15) is 0 Å². The number of nitro groups is 1. The van der Waals surface area contributed by atoms with Crippen LogP contribution in [0.15, 0.2) is 18.2 Å². The Balaban J connectivity index is 2.07. The third-order valence-electron chi connectivity index (χ3n) is 3.59. The summed E-state index contributed by atoms with van der Waals surface area (Å²) in [6, 6.07) is 4.45. The van der Waals surface area contributed by atoms with E-state index in [0.29, 0.717) is 17.8 Å². The van der Waals surface area contributed by atoms with Crippen molar-refractivity contribution in [2.24, 2.45) is 0 Å². The van der Waals surface area contributed by atoms with Gasteiger partial charge in [-0.05, 0) is 31.9 Å². The van der Waals surface area contributed by atoms with Gasteiger partial charge in [-0.1, -0.05) is 0 Å². The summed E-state index contributed by atoms with van der Waals surface area (Å²) in [5.74, 6) is -0.219. The highest BCUT2D eigenvalue weighted by Gasteiger charge is 2.30. The minimum absolute atomic E-state index is 0.0310. The summed E-state index contributed by atoms with van der Waals surface area (Å²) in [4.78, 5) is 22.6. The molecular weight excluding hydrogens is 274 g/mol. The number of nitro benzene ring substituents is 1. The molecule has 1 amide bonds. The molecule has 0 bridgehead atoms. The number of amides is 1. The summed E-state index contributed by atoms with van der Waals surface area (Å²) < 4.78 is 5.16. The van der Waals surface area contributed by atoms with Gasteiger partial charge >= 0.3 is 0 Å². The second-order valence-electron chi connectivity index (χ2n) is 5.02. The molecule has 114 valence electrons. The quantitative estimate of drug-likeness (QED) is 0.617. The molecule has 0 aliphatic heterocycles. The Kier molecular flexibility index (Phi) is 4.74. The van der Waals surface area contributed by atoms with Gasteiger partial charge in [0, 0.05) is 31.3 Å². The molecule has 1 aromatic rings. The molecule has 0 saturated heterocycles. The third kappa shape index (κ3) is 3.49. The van der Waals surface area contributed by atoms with Gasteiger partial charge in [-0.25, -0.2) is 0 Å². The van der Waals surface area contributed by atoms with Crippen molar-refractivity contribution in [1.29, 1.82) is 0 Å². The first-order valence-electron chi connectivity index (χ1n) is 6.91. The van der Waals surface area contributed by atoms with Gasteiger partial charge in [0.1, 0.15) is 5.69 Å². The van der Waals surface area contributed by atoms with Crippen LogP contribution in [0.25, 0.3) is 0 Å². The van der Waals surface area contributed by atoms with Crippen LogP contribution in [0.1, 0.15) is 30.1 Å². The predicted molar refractivity (Wildman–Crippen MR) is 78.5 cm³/mol. The maximum atomic E-state index is 12.1. The number of hydrogen-bond acceptors (Lipinski definition) is 5. The van der Waals surface area contributed by atoms with Gasteiger partial charge in [0.05, 0.1) is 11.0 Å². The van der Waals surface area contributed by atoms with E-state index in [4.69, 9.17) is 4.74 Å². The monoisotopic (exact) mass is 293 g/mol. The molecule has 1 aromatic carbocycles. The standard InChI is InChI=1S/C14H19N3O4/c1-3-15-12-6-9(4-5-13(12)17(19)20)14(18)16-10-7-11(8-10)21-2/h4-6,10-11,15H,3,7-8H2,1-2H3,(H,16,18). The summed E-state index contributed by atoms with van der Waals surface area (Å²) in [5.41, 5.74) is 0.743. The van der Waals surface area contributed by atoms with Crippen molar-refractivity contribution in [1.82, 2.24) is 5.32 Å². The number of methoxy groups -OCH3 is 1. The zero-order valence-corrected chi connectivity index (χ0v) is 12.1. The molecule has 2 rings (SSSR count). The molecule has 1 saturated carbocycles. The number of hydrogen-bond donors (Lipinski definition) is 2. The Morgan fingerprint density at radius 3 is 2.76 bits per heavy atom. The molecule has 0 unspecified atom stereocenters. The van der Waals surface area contributed by atoms with Crippen LogP contribution in [0, 0.1) is 10.1 Å². The fraction of sp³-hybridized carbons (Fsp3) is 0.500. The molecule has 0 atom stereocenters. The third-order valence-corrected chi connectivity index (χ3v) is 3.59. The molecule has 1 aliphatic rings. The number of nitrogens with one attached hydrogen (secondary N) is 2. The van der Waals surface area contributed by atoms with Crippen molar-refractivity contribution in [2.45, 2.75) is 31.9 Å². The fourth-order valence-corrected chi connectivity index (χ4v) is 2.31. The first-order valence-corrected chi connectivity index (χ1v) is 6.91. The lowest BCUT2D eigenvalue weighted by molar-refractivity contribution is -0.384. The number of carbonyl (C=O) groups excluding carboxylic acids is 1. The van der Waals surface area contributed by atoms with Crippen LogP contribution in [0.3, 0.4) is 0 Å². The second kappa shape index (κ2) is 6.53. The lowest BCUT2D eigenvalue weighted by Gasteiger charge is -2.34. The highest BCUT2D eigenvalue weighted by atomic mass is 16.6. The van der Waals surface area contributed by atoms with E-state index in [1.807, 2.05) is 6.92 Å². The van der Waals surface area contributed by atoms with E-state index < -0.39 is 4.92 Å².